The predicted molar refractivity (Wildman–Crippen MR) is 103 cm³/mol. The Kier molecular flexibility index (Phi) is 6.54. The number of ketones is 1. The summed E-state index contributed by atoms with van der Waals surface area (Å²) in [5, 5.41) is 2.71. The molecule has 2 amide bonds. The molecule has 0 aliphatic rings. The maximum atomic E-state index is 12.4. The van der Waals surface area contributed by atoms with E-state index in [4.69, 9.17) is 9.47 Å². The number of ether oxygens (including phenoxy) is 2. The molecular formula is C20H22N2O5. The number of methoxy groups -OCH3 is 2. The molecule has 2 aromatic carbocycles. The number of nitrogens with one attached hydrogen (secondary N) is 1. The van der Waals surface area contributed by atoms with Crippen molar-refractivity contribution in [2.75, 3.05) is 31.0 Å². The molecule has 27 heavy (non-hydrogen) atoms. The average molecular weight is 370 g/mol. The van der Waals surface area contributed by atoms with E-state index in [1.165, 1.54) is 33.0 Å². The SMILES string of the molecule is COc1ccc(N(CC(=O)Nc2ccc(C(C)=O)cc2)C(C)=O)c(OC)c1. The van der Waals surface area contributed by atoms with Crippen LogP contribution in [0.5, 0.6) is 11.5 Å². The quantitative estimate of drug-likeness (QED) is 0.758. The zero-order valence-electron chi connectivity index (χ0n) is 15.7. The van der Waals surface area contributed by atoms with Gasteiger partial charge >= 0.3 is 0 Å². The lowest BCUT2D eigenvalue weighted by atomic mass is 10.1. The Bertz CT molecular complexity index is 846. The van der Waals surface area contributed by atoms with Gasteiger partial charge in [-0.15, -0.1) is 0 Å². The van der Waals surface area contributed by atoms with E-state index in [2.05, 4.69) is 5.32 Å². The molecule has 2 rings (SSSR count). The maximum absolute atomic E-state index is 12.4. The fraction of sp³-hybridized carbons (Fsp3) is 0.250. The number of nitrogens with zero attached hydrogens (tertiary/aromatic N) is 1. The first-order chi connectivity index (χ1) is 12.8. The highest BCUT2D eigenvalue weighted by atomic mass is 16.5. The summed E-state index contributed by atoms with van der Waals surface area (Å²) in [6, 6.07) is 11.5. The van der Waals surface area contributed by atoms with Crippen LogP contribution < -0.4 is 19.7 Å². The smallest absolute Gasteiger partial charge is 0.244 e. The second kappa shape index (κ2) is 8.84. The molecule has 0 heterocycles. The molecule has 0 saturated heterocycles. The van der Waals surface area contributed by atoms with Gasteiger partial charge in [0.05, 0.1) is 19.9 Å². The molecule has 0 fully saturated rings. The molecule has 7 nitrogen and oxygen atoms in total. The molecule has 0 bridgehead atoms. The lowest BCUT2D eigenvalue weighted by molar-refractivity contribution is -0.120. The van der Waals surface area contributed by atoms with E-state index >= 15 is 0 Å². The monoisotopic (exact) mass is 370 g/mol. The molecule has 0 aromatic heterocycles. The highest BCUT2D eigenvalue weighted by Gasteiger charge is 2.20. The van der Waals surface area contributed by atoms with Gasteiger partial charge in [0.1, 0.15) is 18.0 Å². The van der Waals surface area contributed by atoms with Gasteiger partial charge in [0.15, 0.2) is 5.78 Å². The first-order valence-electron chi connectivity index (χ1n) is 8.26. The van der Waals surface area contributed by atoms with E-state index in [9.17, 15) is 14.4 Å². The third kappa shape index (κ3) is 5.07. The molecular weight excluding hydrogens is 348 g/mol. The van der Waals surface area contributed by atoms with Crippen molar-refractivity contribution in [3.8, 4) is 11.5 Å². The van der Waals surface area contributed by atoms with Crippen molar-refractivity contribution in [1.82, 2.24) is 0 Å². The third-order valence-electron chi connectivity index (χ3n) is 3.93. The van der Waals surface area contributed by atoms with Crippen molar-refractivity contribution in [2.24, 2.45) is 0 Å². The Morgan fingerprint density at radius 3 is 2.15 bits per heavy atom. The minimum absolute atomic E-state index is 0.0535. The summed E-state index contributed by atoms with van der Waals surface area (Å²) in [5.74, 6) is 0.263. The summed E-state index contributed by atoms with van der Waals surface area (Å²) in [6.07, 6.45) is 0. The molecule has 0 aliphatic heterocycles. The number of carbonyl (C=O) groups excluding carboxylic acids is 3. The van der Waals surface area contributed by atoms with E-state index in [0.717, 1.165) is 0 Å². The Hall–Kier alpha value is -3.35. The van der Waals surface area contributed by atoms with Gasteiger partial charge in [-0.2, -0.15) is 0 Å². The Labute approximate surface area is 157 Å². The molecule has 0 atom stereocenters. The third-order valence-corrected chi connectivity index (χ3v) is 3.93. The van der Waals surface area contributed by atoms with Crippen LogP contribution in [0.15, 0.2) is 42.5 Å². The number of rotatable bonds is 7. The topological polar surface area (TPSA) is 84.9 Å². The van der Waals surface area contributed by atoms with Crippen LogP contribution in [0.25, 0.3) is 0 Å². The van der Waals surface area contributed by atoms with Gasteiger partial charge in [0, 0.05) is 24.2 Å². The largest absolute Gasteiger partial charge is 0.497 e. The van der Waals surface area contributed by atoms with Crippen LogP contribution in [0, 0.1) is 0 Å². The summed E-state index contributed by atoms with van der Waals surface area (Å²) in [4.78, 5) is 37.1. The zero-order valence-corrected chi connectivity index (χ0v) is 15.7. The van der Waals surface area contributed by atoms with E-state index in [-0.39, 0.29) is 24.1 Å². The van der Waals surface area contributed by atoms with Crippen LogP contribution in [-0.2, 0) is 9.59 Å². The summed E-state index contributed by atoms with van der Waals surface area (Å²) >= 11 is 0. The zero-order chi connectivity index (χ0) is 20.0. The lowest BCUT2D eigenvalue weighted by Crippen LogP contribution is -2.36. The number of amides is 2. The number of Topliss-reactive ketones (excluding diaryl/α,β-unsaturated/α-hetero) is 1. The minimum Gasteiger partial charge on any atom is -0.497 e. The second-order valence-corrected chi connectivity index (χ2v) is 5.82. The predicted octanol–water partition coefficient (Wildman–Crippen LogP) is 2.90. The highest BCUT2D eigenvalue weighted by molar-refractivity contribution is 6.03. The van der Waals surface area contributed by atoms with E-state index in [0.29, 0.717) is 28.4 Å². The van der Waals surface area contributed by atoms with E-state index in [1.54, 1.807) is 42.5 Å². The van der Waals surface area contributed by atoms with Crippen molar-refractivity contribution < 1.29 is 23.9 Å². The number of hydrogen-bond acceptors (Lipinski definition) is 5. The number of anilines is 2. The molecule has 0 radical (unpaired) electrons. The average Bonchev–Trinajstić information content (AvgIpc) is 2.65. The van der Waals surface area contributed by atoms with Gasteiger partial charge in [-0.1, -0.05) is 0 Å². The van der Waals surface area contributed by atoms with Gasteiger partial charge in [0.25, 0.3) is 0 Å². The fourth-order valence-corrected chi connectivity index (χ4v) is 2.51. The van der Waals surface area contributed by atoms with Crippen LogP contribution in [0.3, 0.4) is 0 Å². The van der Waals surface area contributed by atoms with Crippen molar-refractivity contribution in [3.63, 3.8) is 0 Å². The highest BCUT2D eigenvalue weighted by Crippen LogP contribution is 2.32. The van der Waals surface area contributed by atoms with Crippen LogP contribution in [0.2, 0.25) is 0 Å². The van der Waals surface area contributed by atoms with Crippen molar-refractivity contribution in [2.45, 2.75) is 13.8 Å². The number of benzene rings is 2. The Morgan fingerprint density at radius 2 is 1.63 bits per heavy atom. The van der Waals surface area contributed by atoms with Crippen molar-refractivity contribution >= 4 is 29.0 Å². The molecule has 7 heteroatoms. The Morgan fingerprint density at radius 1 is 0.963 bits per heavy atom. The number of carbonyl (C=O) groups is 3. The molecule has 1 N–H and O–H groups in total. The molecule has 0 unspecified atom stereocenters. The summed E-state index contributed by atoms with van der Waals surface area (Å²) in [6.45, 7) is 2.66. The molecule has 0 spiro atoms. The minimum atomic E-state index is -0.376. The lowest BCUT2D eigenvalue weighted by Gasteiger charge is -2.23. The van der Waals surface area contributed by atoms with E-state index < -0.39 is 0 Å². The van der Waals surface area contributed by atoms with Gasteiger partial charge in [-0.05, 0) is 43.3 Å². The van der Waals surface area contributed by atoms with Gasteiger partial charge < -0.3 is 14.8 Å². The summed E-state index contributed by atoms with van der Waals surface area (Å²) in [5.41, 5.74) is 1.56. The summed E-state index contributed by atoms with van der Waals surface area (Å²) in [7, 11) is 3.01. The maximum Gasteiger partial charge on any atom is 0.244 e. The first-order valence-corrected chi connectivity index (χ1v) is 8.26. The van der Waals surface area contributed by atoms with Crippen LogP contribution in [0.1, 0.15) is 24.2 Å². The normalized spacial score (nSPS) is 10.1. The second-order valence-electron chi connectivity index (χ2n) is 5.82. The van der Waals surface area contributed by atoms with Gasteiger partial charge in [-0.3, -0.25) is 19.3 Å². The molecule has 0 saturated carbocycles. The molecule has 0 aliphatic carbocycles. The standard InChI is InChI=1S/C20H22N2O5/c1-13(23)15-5-7-16(8-6-15)21-20(25)12-22(14(2)24)18-10-9-17(26-3)11-19(18)27-4/h5-11H,12H2,1-4H3,(H,21,25). The van der Waals surface area contributed by atoms with Crippen molar-refractivity contribution in [1.29, 1.82) is 0 Å². The van der Waals surface area contributed by atoms with Crippen LogP contribution in [0.4, 0.5) is 11.4 Å². The molecule has 142 valence electrons. The molecule has 2 aromatic rings. The van der Waals surface area contributed by atoms with Gasteiger partial charge in [0.2, 0.25) is 11.8 Å². The fourth-order valence-electron chi connectivity index (χ4n) is 2.51. The first kappa shape index (κ1) is 20.0. The van der Waals surface area contributed by atoms with Crippen LogP contribution in [-0.4, -0.2) is 38.4 Å². The van der Waals surface area contributed by atoms with E-state index in [1.807, 2.05) is 0 Å². The van der Waals surface area contributed by atoms with Crippen LogP contribution >= 0.6 is 0 Å². The Balaban J connectivity index is 2.17. The number of hydrogen-bond donors (Lipinski definition) is 1. The summed E-state index contributed by atoms with van der Waals surface area (Å²) < 4.78 is 10.5. The van der Waals surface area contributed by atoms with Gasteiger partial charge in [-0.25, -0.2) is 0 Å². The van der Waals surface area contributed by atoms with Crippen molar-refractivity contribution in [3.05, 3.63) is 48.0 Å².